The van der Waals surface area contributed by atoms with Gasteiger partial charge in [-0.3, -0.25) is 0 Å². The summed E-state index contributed by atoms with van der Waals surface area (Å²) in [5.74, 6) is 0. The fraction of sp³-hybridized carbons (Fsp3) is 0.765. The zero-order valence-electron chi connectivity index (χ0n) is 15.0. The normalized spacial score (nSPS) is 15.6. The van der Waals surface area contributed by atoms with E-state index >= 15 is 0 Å². The first-order valence-corrected chi connectivity index (χ1v) is 15.4. The molecule has 0 saturated heterocycles. The van der Waals surface area contributed by atoms with E-state index in [0.717, 1.165) is 0 Å². The molecule has 0 saturated carbocycles. The second kappa shape index (κ2) is 9.39. The van der Waals surface area contributed by atoms with Crippen molar-refractivity contribution in [2.24, 2.45) is 0 Å². The van der Waals surface area contributed by atoms with Crippen molar-refractivity contribution in [3.8, 4) is 0 Å². The van der Waals surface area contributed by atoms with Crippen molar-refractivity contribution in [1.29, 1.82) is 0 Å². The Hall–Kier alpha value is 0.230. The van der Waals surface area contributed by atoms with Crippen LogP contribution in [-0.4, -0.2) is 47.9 Å². The molecule has 0 N–H and O–H groups in total. The minimum absolute atomic E-state index is 1.17. The third kappa shape index (κ3) is 3.60. The van der Waals surface area contributed by atoms with E-state index in [1.807, 2.05) is 0 Å². The Kier molecular flexibility index (Phi) is 8.62. The van der Waals surface area contributed by atoms with Gasteiger partial charge in [0.15, 0.2) is 0 Å². The van der Waals surface area contributed by atoms with E-state index in [2.05, 4.69) is 68.4 Å². The molecule has 0 heterocycles. The molecule has 0 aromatic heterocycles. The molecule has 0 unspecified atom stereocenters. The van der Waals surface area contributed by atoms with Crippen LogP contribution in [0.1, 0.15) is 48.0 Å². The predicted octanol–water partition coefficient (Wildman–Crippen LogP) is 3.75. The second-order valence-electron chi connectivity index (χ2n) is 5.48. The fourth-order valence-corrected chi connectivity index (χ4v) is 24.6. The number of rotatable bonds is 10. The van der Waals surface area contributed by atoms with Gasteiger partial charge in [-0.15, -0.1) is 0 Å². The van der Waals surface area contributed by atoms with E-state index in [1.165, 1.54) is 45.7 Å². The Morgan fingerprint density at radius 2 is 1.14 bits per heavy atom. The van der Waals surface area contributed by atoms with Gasteiger partial charge in [0.2, 0.25) is 0 Å². The van der Waals surface area contributed by atoms with Crippen LogP contribution >= 0.6 is 0 Å². The van der Waals surface area contributed by atoms with Gasteiger partial charge in [-0.1, -0.05) is 0 Å². The Morgan fingerprint density at radius 1 is 0.762 bits per heavy atom. The topological polar surface area (TPSA) is 9.72 Å². The van der Waals surface area contributed by atoms with Crippen molar-refractivity contribution in [3.05, 3.63) is 21.6 Å². The first-order chi connectivity index (χ1) is 10.2. The second-order valence-corrected chi connectivity index (χ2v) is 19.2. The Labute approximate surface area is 138 Å². The summed E-state index contributed by atoms with van der Waals surface area (Å²) in [6, 6.07) is 0. The van der Waals surface area contributed by atoms with Gasteiger partial charge in [-0.2, -0.15) is 0 Å². The van der Waals surface area contributed by atoms with Gasteiger partial charge in [-0.05, 0) is 0 Å². The molecular formula is C17H35HfN3. The van der Waals surface area contributed by atoms with Crippen LogP contribution in [0.25, 0.3) is 0 Å². The van der Waals surface area contributed by atoms with Crippen molar-refractivity contribution in [2.45, 2.75) is 48.0 Å². The molecule has 0 amide bonds. The first kappa shape index (κ1) is 19.3. The molecule has 122 valence electrons. The van der Waals surface area contributed by atoms with Crippen LogP contribution in [0.2, 0.25) is 0 Å². The van der Waals surface area contributed by atoms with E-state index in [-0.39, 0.29) is 0 Å². The Balaban J connectivity index is 3.45. The molecular weight excluding hydrogens is 425 g/mol. The molecule has 0 radical (unpaired) electrons. The monoisotopic (exact) mass is 461 g/mol. The summed E-state index contributed by atoms with van der Waals surface area (Å²) in [5, 5.41) is 0. The quantitative estimate of drug-likeness (QED) is 0.461. The van der Waals surface area contributed by atoms with Crippen molar-refractivity contribution < 1.29 is 20.8 Å². The van der Waals surface area contributed by atoms with Crippen molar-refractivity contribution in [3.63, 3.8) is 0 Å². The van der Waals surface area contributed by atoms with E-state index in [0.29, 0.717) is 0 Å². The number of hydrogen-bond donors (Lipinski definition) is 0. The fourth-order valence-electron chi connectivity index (χ4n) is 3.90. The van der Waals surface area contributed by atoms with Gasteiger partial charge < -0.3 is 0 Å². The first-order valence-electron chi connectivity index (χ1n) is 8.78. The van der Waals surface area contributed by atoms with Gasteiger partial charge in [0.1, 0.15) is 0 Å². The average molecular weight is 460 g/mol. The van der Waals surface area contributed by atoms with Crippen molar-refractivity contribution in [1.82, 2.24) is 8.66 Å². The van der Waals surface area contributed by atoms with Crippen LogP contribution in [0.15, 0.2) is 21.6 Å². The maximum atomic E-state index is 2.85. The Bertz CT molecular complexity index is 322. The van der Waals surface area contributed by atoms with Crippen LogP contribution in [0, 0.1) is 0 Å². The summed E-state index contributed by atoms with van der Waals surface area (Å²) in [6.45, 7) is 21.1. The molecule has 21 heavy (non-hydrogen) atoms. The molecule has 4 heteroatoms. The molecule has 0 aliphatic heterocycles. The zero-order valence-corrected chi connectivity index (χ0v) is 18.6. The van der Waals surface area contributed by atoms with Crippen LogP contribution in [0.4, 0.5) is 0 Å². The molecule has 0 fully saturated rings. The van der Waals surface area contributed by atoms with Crippen LogP contribution in [-0.2, 0) is 20.8 Å². The number of allylic oxidation sites excluding steroid dienone is 4. The summed E-state index contributed by atoms with van der Waals surface area (Å²) in [4.78, 5) is 0. The molecule has 0 bridgehead atoms. The van der Waals surface area contributed by atoms with Crippen LogP contribution < -0.4 is 0 Å². The number of hydrogen-bond acceptors (Lipinski definition) is 3. The summed E-state index contributed by atoms with van der Waals surface area (Å²) >= 11 is -3.08. The molecule has 3 nitrogen and oxygen atoms in total. The van der Waals surface area contributed by atoms with E-state index in [4.69, 9.17) is 0 Å². The van der Waals surface area contributed by atoms with Gasteiger partial charge in [0.05, 0.1) is 0 Å². The molecule has 0 aromatic rings. The molecule has 1 aliphatic rings. The standard InChI is InChI=1S/C5H5.3C4H10N.Hf/c1-2-4-5-3-1;3*1-3-5-4-2;/h1-3H,4H2;3*3-4H2,1-2H3;/q;3*-1;+3. The van der Waals surface area contributed by atoms with Crippen molar-refractivity contribution >= 4 is 0 Å². The summed E-state index contributed by atoms with van der Waals surface area (Å²) in [5.41, 5.74) is 0. The molecule has 0 spiro atoms. The zero-order chi connectivity index (χ0) is 15.9. The molecule has 0 aromatic carbocycles. The van der Waals surface area contributed by atoms with Gasteiger partial charge in [0, 0.05) is 0 Å². The predicted molar refractivity (Wildman–Crippen MR) is 90.6 cm³/mol. The SMILES string of the molecule is CC[N](CC)[Hf]([C]1=CC=CC1)([N](CC)CC)[N](CC)CC. The molecule has 0 atom stereocenters. The van der Waals surface area contributed by atoms with E-state index in [9.17, 15) is 0 Å². The van der Waals surface area contributed by atoms with Crippen LogP contribution in [0.5, 0.6) is 0 Å². The maximum absolute atomic E-state index is 3.08. The molecule has 1 aliphatic carbocycles. The Morgan fingerprint density at radius 3 is 1.38 bits per heavy atom. The third-order valence-corrected chi connectivity index (χ3v) is 25.6. The summed E-state index contributed by atoms with van der Waals surface area (Å²) in [7, 11) is 0. The van der Waals surface area contributed by atoms with E-state index < -0.39 is 20.8 Å². The summed E-state index contributed by atoms with van der Waals surface area (Å²) in [6.07, 6.45) is 8.24. The third-order valence-electron chi connectivity index (χ3n) is 4.82. The average Bonchev–Trinajstić information content (AvgIpc) is 3.04. The van der Waals surface area contributed by atoms with E-state index in [1.54, 1.807) is 3.33 Å². The van der Waals surface area contributed by atoms with Crippen molar-refractivity contribution in [2.75, 3.05) is 39.3 Å². The summed E-state index contributed by atoms with van der Waals surface area (Å²) < 4.78 is 10.3. The number of nitrogens with zero attached hydrogens (tertiary/aromatic N) is 3. The molecule has 1 rings (SSSR count). The van der Waals surface area contributed by atoms with Gasteiger partial charge >= 0.3 is 138 Å². The van der Waals surface area contributed by atoms with Crippen LogP contribution in [0.3, 0.4) is 0 Å². The van der Waals surface area contributed by atoms with Gasteiger partial charge in [-0.25, -0.2) is 0 Å². The minimum atomic E-state index is -3.08. The van der Waals surface area contributed by atoms with Gasteiger partial charge in [0.25, 0.3) is 0 Å².